The lowest BCUT2D eigenvalue weighted by molar-refractivity contribution is -0.139. The van der Waals surface area contributed by atoms with Crippen molar-refractivity contribution in [2.75, 3.05) is 0 Å². The van der Waals surface area contributed by atoms with Gasteiger partial charge in [-0.1, -0.05) is 83.5 Å². The third kappa shape index (κ3) is 14.0. The summed E-state index contributed by atoms with van der Waals surface area (Å²) in [6.45, 7) is 0. The number of unbranched alkanes of at least 4 members (excludes halogenated alkanes) is 3. The van der Waals surface area contributed by atoms with Crippen molar-refractivity contribution in [3.8, 4) is 0 Å². The van der Waals surface area contributed by atoms with Crippen molar-refractivity contribution in [3.05, 3.63) is 0 Å². The molecule has 0 saturated heterocycles. The molecule has 4 rings (SSSR count). The molecule has 0 aliphatic heterocycles. The van der Waals surface area contributed by atoms with E-state index in [0.717, 1.165) is 38.5 Å². The normalized spacial score (nSPS) is 20.5. The number of nitrogens with zero attached hydrogens (tertiary/aromatic N) is 2. The highest BCUT2D eigenvalue weighted by Gasteiger charge is 2.33. The van der Waals surface area contributed by atoms with Gasteiger partial charge < -0.3 is 20.0 Å². The van der Waals surface area contributed by atoms with Crippen molar-refractivity contribution in [2.24, 2.45) is 0 Å². The minimum Gasteiger partial charge on any atom is -0.481 e. The zero-order chi connectivity index (χ0) is 32.3. The Hall–Kier alpha value is -2.12. The van der Waals surface area contributed by atoms with Crippen molar-refractivity contribution in [1.82, 2.24) is 9.80 Å². The fraction of sp³-hybridized carbons (Fsp3) is 0.892. The average Bonchev–Trinajstić information content (AvgIpc) is 3.05. The molecule has 0 atom stereocenters. The molecule has 258 valence electrons. The van der Waals surface area contributed by atoms with Gasteiger partial charge in [-0.2, -0.15) is 0 Å². The van der Waals surface area contributed by atoms with Gasteiger partial charge in [0.1, 0.15) is 0 Å². The van der Waals surface area contributed by atoms with Gasteiger partial charge in [0.15, 0.2) is 0 Å². The molecule has 0 unspecified atom stereocenters. The summed E-state index contributed by atoms with van der Waals surface area (Å²) < 4.78 is 0. The van der Waals surface area contributed by atoms with Crippen LogP contribution >= 0.6 is 0 Å². The first-order valence-corrected chi connectivity index (χ1v) is 18.9. The quantitative estimate of drug-likeness (QED) is 0.175. The lowest BCUT2D eigenvalue weighted by atomic mass is 9.88. The molecule has 0 heterocycles. The Morgan fingerprint density at radius 1 is 0.378 bits per heavy atom. The van der Waals surface area contributed by atoms with Crippen LogP contribution in [-0.2, 0) is 19.2 Å². The number of rotatable bonds is 15. The summed E-state index contributed by atoms with van der Waals surface area (Å²) in [5.41, 5.74) is 0. The molecule has 4 saturated carbocycles. The first-order valence-electron chi connectivity index (χ1n) is 18.9. The van der Waals surface area contributed by atoms with Gasteiger partial charge in [-0.3, -0.25) is 19.2 Å². The summed E-state index contributed by atoms with van der Waals surface area (Å²) in [5.74, 6) is -0.880. The fourth-order valence-electron chi connectivity index (χ4n) is 8.39. The molecule has 8 heteroatoms. The summed E-state index contributed by atoms with van der Waals surface area (Å²) in [7, 11) is 0. The van der Waals surface area contributed by atoms with Crippen LogP contribution in [0.4, 0.5) is 0 Å². The Balaban J connectivity index is 0.000000246. The smallest absolute Gasteiger partial charge is 0.303 e. The number of hydrogen-bond acceptors (Lipinski definition) is 4. The predicted molar refractivity (Wildman–Crippen MR) is 178 cm³/mol. The number of amides is 2. The number of carboxylic acid groups (broad SMARTS) is 2. The maximum absolute atomic E-state index is 12.8. The van der Waals surface area contributed by atoms with E-state index in [0.29, 0.717) is 62.2 Å². The van der Waals surface area contributed by atoms with Crippen LogP contribution in [0.5, 0.6) is 0 Å². The summed E-state index contributed by atoms with van der Waals surface area (Å²) in [6, 6.07) is 1.84. The van der Waals surface area contributed by atoms with Gasteiger partial charge in [0.25, 0.3) is 0 Å². The molecule has 0 aromatic carbocycles. The number of carbonyl (C=O) groups is 4. The SMILES string of the molecule is O=C(O)CCCCC(=O)N(C1CCCCC1)C1CCCCC1.O=C(O)CCCCCC(=O)N(C1CCCCC1)C1CCCCC1. The largest absolute Gasteiger partial charge is 0.481 e. The number of aliphatic carboxylic acids is 2. The van der Waals surface area contributed by atoms with Crippen LogP contribution in [0.2, 0.25) is 0 Å². The second-order valence-electron chi connectivity index (χ2n) is 14.3. The van der Waals surface area contributed by atoms with Gasteiger partial charge in [-0.25, -0.2) is 0 Å². The first kappa shape index (κ1) is 37.3. The van der Waals surface area contributed by atoms with Gasteiger partial charge in [0, 0.05) is 49.9 Å². The van der Waals surface area contributed by atoms with E-state index in [1.807, 2.05) is 0 Å². The van der Waals surface area contributed by atoms with Gasteiger partial charge in [-0.05, 0) is 77.0 Å². The highest BCUT2D eigenvalue weighted by atomic mass is 16.4. The Morgan fingerprint density at radius 3 is 0.911 bits per heavy atom. The number of carbonyl (C=O) groups excluding carboxylic acids is 2. The zero-order valence-corrected chi connectivity index (χ0v) is 28.2. The molecule has 2 N–H and O–H groups in total. The molecule has 4 fully saturated rings. The van der Waals surface area contributed by atoms with E-state index in [9.17, 15) is 19.2 Å². The highest BCUT2D eigenvalue weighted by Crippen LogP contribution is 2.32. The van der Waals surface area contributed by atoms with Gasteiger partial charge in [-0.15, -0.1) is 0 Å². The molecule has 0 radical (unpaired) electrons. The van der Waals surface area contributed by atoms with Gasteiger partial charge in [0.05, 0.1) is 0 Å². The second kappa shape index (κ2) is 21.6. The van der Waals surface area contributed by atoms with Crippen LogP contribution in [0, 0.1) is 0 Å². The minimum atomic E-state index is -0.760. The van der Waals surface area contributed by atoms with E-state index in [-0.39, 0.29) is 18.7 Å². The van der Waals surface area contributed by atoms with Gasteiger partial charge >= 0.3 is 11.9 Å². The van der Waals surface area contributed by atoms with Crippen molar-refractivity contribution >= 4 is 23.8 Å². The molecule has 2 amide bonds. The van der Waals surface area contributed by atoms with Crippen LogP contribution in [0.25, 0.3) is 0 Å². The summed E-state index contributed by atoms with van der Waals surface area (Å²) in [5, 5.41) is 17.4. The van der Waals surface area contributed by atoms with Crippen LogP contribution in [0.15, 0.2) is 0 Å². The monoisotopic (exact) mass is 632 g/mol. The first-order chi connectivity index (χ1) is 21.9. The van der Waals surface area contributed by atoms with Crippen LogP contribution in [0.1, 0.15) is 186 Å². The van der Waals surface area contributed by atoms with Crippen LogP contribution in [0.3, 0.4) is 0 Å². The molecule has 45 heavy (non-hydrogen) atoms. The molecule has 8 nitrogen and oxygen atoms in total. The summed E-state index contributed by atoms with van der Waals surface area (Å²) >= 11 is 0. The van der Waals surface area contributed by atoms with Crippen molar-refractivity contribution in [2.45, 2.75) is 210 Å². The van der Waals surface area contributed by atoms with E-state index in [1.165, 1.54) is 103 Å². The van der Waals surface area contributed by atoms with E-state index in [1.54, 1.807) is 0 Å². The molecular weight excluding hydrogens is 568 g/mol. The summed E-state index contributed by atoms with van der Waals surface area (Å²) in [6.07, 6.45) is 29.9. The molecule has 4 aliphatic rings. The van der Waals surface area contributed by atoms with Crippen molar-refractivity contribution in [3.63, 3.8) is 0 Å². The lowest BCUT2D eigenvalue weighted by Crippen LogP contribution is -2.48. The molecule has 0 aromatic rings. The number of carboxylic acids is 2. The molecule has 0 aromatic heterocycles. The summed E-state index contributed by atoms with van der Waals surface area (Å²) in [4.78, 5) is 51.2. The minimum absolute atomic E-state index is 0.181. The Bertz CT molecular complexity index is 834. The van der Waals surface area contributed by atoms with Crippen LogP contribution in [-0.4, -0.2) is 67.9 Å². The fourth-order valence-corrected chi connectivity index (χ4v) is 8.39. The third-order valence-electron chi connectivity index (χ3n) is 10.8. The Kier molecular flexibility index (Phi) is 17.9. The Labute approximate surface area is 273 Å². The molecular formula is C37H64N2O6. The second-order valence-corrected chi connectivity index (χ2v) is 14.3. The third-order valence-corrected chi connectivity index (χ3v) is 10.8. The average molecular weight is 633 g/mol. The topological polar surface area (TPSA) is 115 Å². The number of hydrogen-bond donors (Lipinski definition) is 2. The van der Waals surface area contributed by atoms with E-state index < -0.39 is 11.9 Å². The molecule has 0 spiro atoms. The highest BCUT2D eigenvalue weighted by molar-refractivity contribution is 5.77. The van der Waals surface area contributed by atoms with Crippen molar-refractivity contribution < 1.29 is 29.4 Å². The maximum atomic E-state index is 12.8. The standard InChI is InChI=1S/C19H33NO3.C18H31NO3/c21-18(14-8-3-9-15-19(22)23)20(16-10-4-1-5-11-16)17-12-6-2-7-13-17;20-17(13-7-8-14-18(21)22)19(15-9-3-1-4-10-15)16-11-5-2-6-12-16/h16-17H,1-15H2,(H,22,23);15-16H,1-14H2,(H,21,22). The molecule has 4 aliphatic carbocycles. The van der Waals surface area contributed by atoms with Crippen LogP contribution < -0.4 is 0 Å². The van der Waals surface area contributed by atoms with E-state index in [4.69, 9.17) is 10.2 Å². The zero-order valence-electron chi connectivity index (χ0n) is 28.2. The van der Waals surface area contributed by atoms with Crippen molar-refractivity contribution in [1.29, 1.82) is 0 Å². The lowest BCUT2D eigenvalue weighted by Gasteiger charge is -2.42. The Morgan fingerprint density at radius 2 is 0.622 bits per heavy atom. The van der Waals surface area contributed by atoms with E-state index >= 15 is 0 Å². The maximum Gasteiger partial charge on any atom is 0.303 e. The molecule has 0 bridgehead atoms. The van der Waals surface area contributed by atoms with E-state index in [2.05, 4.69) is 9.80 Å². The van der Waals surface area contributed by atoms with Gasteiger partial charge in [0.2, 0.25) is 11.8 Å². The predicted octanol–water partition coefficient (Wildman–Crippen LogP) is 8.64.